The average Bonchev–Trinajstić information content (AvgIpc) is 2.42. The van der Waals surface area contributed by atoms with Gasteiger partial charge in [-0.3, -0.25) is 0 Å². The van der Waals surface area contributed by atoms with Gasteiger partial charge in [0.1, 0.15) is 0 Å². The Hall–Kier alpha value is -2.13. The van der Waals surface area contributed by atoms with Gasteiger partial charge in [0.05, 0.1) is 5.71 Å². The Morgan fingerprint density at radius 3 is 2.26 bits per heavy atom. The predicted molar refractivity (Wildman–Crippen MR) is 80.1 cm³/mol. The number of benzene rings is 2. The maximum atomic E-state index is 5.61. The second kappa shape index (κ2) is 6.16. The molecule has 0 amide bonds. The van der Waals surface area contributed by atoms with Gasteiger partial charge in [0.15, 0.2) is 0 Å². The fraction of sp³-hybridized carbons (Fsp3) is 0.188. The van der Waals surface area contributed by atoms with Crippen LogP contribution >= 0.6 is 0 Å². The highest BCUT2D eigenvalue weighted by Crippen LogP contribution is 2.16. The molecule has 2 rings (SSSR count). The van der Waals surface area contributed by atoms with E-state index in [0.29, 0.717) is 0 Å². The van der Waals surface area contributed by atoms with Gasteiger partial charge in [-0.2, -0.15) is 5.10 Å². The van der Waals surface area contributed by atoms with E-state index in [1.165, 1.54) is 5.56 Å². The predicted octanol–water partition coefficient (Wildman–Crippen LogP) is 2.46. The Morgan fingerprint density at radius 1 is 1.00 bits per heavy atom. The molecule has 0 saturated heterocycles. The summed E-state index contributed by atoms with van der Waals surface area (Å²) < 4.78 is 0. The molecule has 3 heteroatoms. The highest BCUT2D eigenvalue weighted by molar-refractivity contribution is 6.13. The Bertz CT molecular complexity index is 559. The topological polar surface area (TPSA) is 41.6 Å². The fourth-order valence-electron chi connectivity index (χ4n) is 2.13. The average molecular weight is 253 g/mol. The van der Waals surface area contributed by atoms with Gasteiger partial charge in [0.2, 0.25) is 0 Å². The third-order valence-corrected chi connectivity index (χ3v) is 2.94. The van der Waals surface area contributed by atoms with Gasteiger partial charge < -0.3 is 10.7 Å². The quantitative estimate of drug-likeness (QED) is 0.516. The van der Waals surface area contributed by atoms with Gasteiger partial charge in [0.25, 0.3) is 0 Å². The lowest BCUT2D eigenvalue weighted by atomic mass is 9.97. The SMILES string of the molecule is CN(C)Cc1ccccc1/C(=N/N)c1ccccc1. The van der Waals surface area contributed by atoms with Gasteiger partial charge >= 0.3 is 0 Å². The van der Waals surface area contributed by atoms with Crippen LogP contribution in [-0.2, 0) is 6.54 Å². The van der Waals surface area contributed by atoms with Crippen LogP contribution in [0.4, 0.5) is 0 Å². The molecule has 0 spiro atoms. The molecule has 2 N–H and O–H groups in total. The summed E-state index contributed by atoms with van der Waals surface area (Å²) in [6, 6.07) is 18.3. The molecule has 0 radical (unpaired) electrons. The highest BCUT2D eigenvalue weighted by Gasteiger charge is 2.11. The van der Waals surface area contributed by atoms with Crippen LogP contribution in [-0.4, -0.2) is 24.7 Å². The Kier molecular flexibility index (Phi) is 4.31. The smallest absolute Gasteiger partial charge is 0.0974 e. The summed E-state index contributed by atoms with van der Waals surface area (Å²) in [6.07, 6.45) is 0. The highest BCUT2D eigenvalue weighted by atomic mass is 15.1. The van der Waals surface area contributed by atoms with E-state index in [0.717, 1.165) is 23.4 Å². The van der Waals surface area contributed by atoms with Gasteiger partial charge in [-0.15, -0.1) is 0 Å². The molecule has 0 bridgehead atoms. The van der Waals surface area contributed by atoms with Crippen LogP contribution in [0.25, 0.3) is 0 Å². The first-order chi connectivity index (χ1) is 9.22. The van der Waals surface area contributed by atoms with Gasteiger partial charge in [0, 0.05) is 17.7 Å². The van der Waals surface area contributed by atoms with Crippen LogP contribution in [0.5, 0.6) is 0 Å². The second-order valence-corrected chi connectivity index (χ2v) is 4.74. The summed E-state index contributed by atoms with van der Waals surface area (Å²) in [4.78, 5) is 2.14. The van der Waals surface area contributed by atoms with Crippen molar-refractivity contribution in [3.8, 4) is 0 Å². The van der Waals surface area contributed by atoms with Crippen molar-refractivity contribution in [2.45, 2.75) is 6.54 Å². The van der Waals surface area contributed by atoms with Crippen molar-refractivity contribution in [1.29, 1.82) is 0 Å². The summed E-state index contributed by atoms with van der Waals surface area (Å²) in [5, 5.41) is 3.99. The van der Waals surface area contributed by atoms with Crippen molar-refractivity contribution in [3.05, 3.63) is 71.3 Å². The first-order valence-electron chi connectivity index (χ1n) is 6.28. The van der Waals surface area contributed by atoms with E-state index in [4.69, 9.17) is 5.84 Å². The van der Waals surface area contributed by atoms with Crippen molar-refractivity contribution in [1.82, 2.24) is 4.90 Å². The number of rotatable bonds is 4. The second-order valence-electron chi connectivity index (χ2n) is 4.74. The fourth-order valence-corrected chi connectivity index (χ4v) is 2.13. The zero-order chi connectivity index (χ0) is 13.7. The van der Waals surface area contributed by atoms with Crippen LogP contribution in [0.15, 0.2) is 59.7 Å². The largest absolute Gasteiger partial charge is 0.323 e. The molecule has 0 aromatic heterocycles. The van der Waals surface area contributed by atoms with Gasteiger partial charge in [-0.25, -0.2) is 0 Å². The van der Waals surface area contributed by atoms with E-state index in [1.54, 1.807) is 0 Å². The lowest BCUT2D eigenvalue weighted by molar-refractivity contribution is 0.402. The molecular formula is C16H19N3. The van der Waals surface area contributed by atoms with Gasteiger partial charge in [-0.05, 0) is 19.7 Å². The molecule has 2 aromatic rings. The van der Waals surface area contributed by atoms with Crippen molar-refractivity contribution in [2.24, 2.45) is 10.9 Å². The molecule has 0 saturated carbocycles. The first-order valence-corrected chi connectivity index (χ1v) is 6.28. The lowest BCUT2D eigenvalue weighted by Crippen LogP contribution is -2.16. The molecule has 0 aliphatic carbocycles. The molecule has 2 aromatic carbocycles. The summed E-state index contributed by atoms with van der Waals surface area (Å²) in [5.41, 5.74) is 4.18. The molecule has 0 fully saturated rings. The Labute approximate surface area is 114 Å². The Balaban J connectivity index is 2.45. The van der Waals surface area contributed by atoms with Crippen LogP contribution in [0.1, 0.15) is 16.7 Å². The molecule has 0 atom stereocenters. The summed E-state index contributed by atoms with van der Waals surface area (Å²) in [5.74, 6) is 5.61. The normalized spacial score (nSPS) is 11.8. The molecule has 0 unspecified atom stereocenters. The van der Waals surface area contributed by atoms with E-state index >= 15 is 0 Å². The third-order valence-electron chi connectivity index (χ3n) is 2.94. The van der Waals surface area contributed by atoms with Gasteiger partial charge in [-0.1, -0.05) is 54.6 Å². The molecular weight excluding hydrogens is 234 g/mol. The number of hydrogen-bond acceptors (Lipinski definition) is 3. The number of nitrogens with zero attached hydrogens (tertiary/aromatic N) is 2. The van der Waals surface area contributed by atoms with E-state index < -0.39 is 0 Å². The summed E-state index contributed by atoms with van der Waals surface area (Å²) >= 11 is 0. The monoisotopic (exact) mass is 253 g/mol. The van der Waals surface area contributed by atoms with Crippen LogP contribution < -0.4 is 5.84 Å². The number of nitrogens with two attached hydrogens (primary N) is 1. The number of hydrogen-bond donors (Lipinski definition) is 1. The maximum absolute atomic E-state index is 5.61. The van der Waals surface area contributed by atoms with Crippen LogP contribution in [0.3, 0.4) is 0 Å². The number of hydrazone groups is 1. The molecule has 3 nitrogen and oxygen atoms in total. The standard InChI is InChI=1S/C16H19N3/c1-19(2)12-14-10-6-7-11-15(14)16(18-17)13-8-4-3-5-9-13/h3-11H,12,17H2,1-2H3/b18-16+. The minimum atomic E-state index is 0.832. The van der Waals surface area contributed by atoms with Crippen molar-refractivity contribution in [2.75, 3.05) is 14.1 Å². The molecule has 0 heterocycles. The minimum Gasteiger partial charge on any atom is -0.323 e. The van der Waals surface area contributed by atoms with E-state index in [-0.39, 0.29) is 0 Å². The van der Waals surface area contributed by atoms with Crippen molar-refractivity contribution >= 4 is 5.71 Å². The Morgan fingerprint density at radius 2 is 1.63 bits per heavy atom. The van der Waals surface area contributed by atoms with Crippen molar-refractivity contribution in [3.63, 3.8) is 0 Å². The van der Waals surface area contributed by atoms with E-state index in [9.17, 15) is 0 Å². The first kappa shape index (κ1) is 13.3. The minimum absolute atomic E-state index is 0.832. The summed E-state index contributed by atoms with van der Waals surface area (Å²) in [6.45, 7) is 0.863. The maximum Gasteiger partial charge on any atom is 0.0974 e. The summed E-state index contributed by atoms with van der Waals surface area (Å²) in [7, 11) is 4.11. The zero-order valence-electron chi connectivity index (χ0n) is 11.4. The zero-order valence-corrected chi connectivity index (χ0v) is 11.4. The molecule has 19 heavy (non-hydrogen) atoms. The van der Waals surface area contributed by atoms with Crippen molar-refractivity contribution < 1.29 is 0 Å². The van der Waals surface area contributed by atoms with E-state index in [1.807, 2.05) is 42.5 Å². The molecule has 0 aliphatic heterocycles. The molecule has 0 aliphatic rings. The van der Waals surface area contributed by atoms with E-state index in [2.05, 4.69) is 36.2 Å². The molecule has 98 valence electrons. The van der Waals surface area contributed by atoms with Crippen LogP contribution in [0.2, 0.25) is 0 Å². The lowest BCUT2D eigenvalue weighted by Gasteiger charge is -2.15. The van der Waals surface area contributed by atoms with Crippen LogP contribution in [0, 0.1) is 0 Å². The third kappa shape index (κ3) is 3.20.